The van der Waals surface area contributed by atoms with E-state index in [0.717, 1.165) is 5.57 Å². The Labute approximate surface area is 240 Å². The van der Waals surface area contributed by atoms with Gasteiger partial charge in [0.2, 0.25) is 17.9 Å². The number of rotatable bonds is 6. The van der Waals surface area contributed by atoms with Gasteiger partial charge < -0.3 is 25.6 Å². The Hall–Kier alpha value is -2.86. The number of carboxylic acid groups (broad SMARTS) is 1. The molecule has 1 spiro atoms. The van der Waals surface area contributed by atoms with Crippen LogP contribution >= 0.6 is 24.0 Å². The third kappa shape index (κ3) is 6.54. The minimum absolute atomic E-state index is 0. The number of nitrogens with one attached hydrogen (secondary N) is 1. The number of nitrogen functional groups attached to an aromatic ring is 1. The average Bonchev–Trinajstić information content (AvgIpc) is 3.31. The van der Waals surface area contributed by atoms with Crippen LogP contribution in [0, 0.1) is 5.41 Å². The van der Waals surface area contributed by atoms with Crippen LogP contribution in [-0.4, -0.2) is 53.0 Å². The average molecular weight is 601 g/mol. The second-order valence-electron chi connectivity index (χ2n) is 10.2. The number of carboxylic acids is 1. The second kappa shape index (κ2) is 11.9. The number of aromatic nitrogens is 2. The lowest BCUT2D eigenvalue weighted by molar-refractivity contribution is -0.198. The van der Waals surface area contributed by atoms with Crippen LogP contribution in [0.25, 0.3) is 11.1 Å². The van der Waals surface area contributed by atoms with Gasteiger partial charge in [0.1, 0.15) is 6.04 Å². The number of ether oxygens (including phenoxy) is 2. The van der Waals surface area contributed by atoms with E-state index in [2.05, 4.69) is 15.3 Å². The van der Waals surface area contributed by atoms with Gasteiger partial charge >= 0.3 is 12.1 Å². The Morgan fingerprint density at radius 3 is 2.67 bits per heavy atom. The molecule has 2 aromatic rings. The van der Waals surface area contributed by atoms with Gasteiger partial charge in [-0.25, -0.2) is 4.98 Å². The Morgan fingerprint density at radius 2 is 2.05 bits per heavy atom. The van der Waals surface area contributed by atoms with E-state index in [1.165, 1.54) is 24.3 Å². The first-order valence-electron chi connectivity index (χ1n) is 12.6. The molecule has 5 rings (SSSR count). The van der Waals surface area contributed by atoms with Gasteiger partial charge in [-0.3, -0.25) is 4.79 Å². The summed E-state index contributed by atoms with van der Waals surface area (Å²) in [5.41, 5.74) is 7.71. The molecule has 1 unspecified atom stereocenters. The standard InChI is InChI=1S/C27H28ClF3N4O4.ClH/c28-17-3-4-18(19(10-17)16-2-1-9-38-13-16)23(27(29,30)31)39-22-11-20(34-25(32)35-22)15-5-7-26(8-6-15)12-21(24(36)37)33-14-26;/h2-5,10-11,21,23,33H,1,6-9,12-14H2,(H,36,37)(H2,32,34,35);1H/t21?,23-,26+;/m1./s1. The molecule has 1 aromatic carbocycles. The molecular weight excluding hydrogens is 572 g/mol. The first-order chi connectivity index (χ1) is 18.5. The molecule has 0 radical (unpaired) electrons. The van der Waals surface area contributed by atoms with E-state index in [9.17, 15) is 23.1 Å². The Kier molecular flexibility index (Phi) is 8.99. The second-order valence-corrected chi connectivity index (χ2v) is 10.6. The number of hydrogen-bond acceptors (Lipinski definition) is 7. The van der Waals surface area contributed by atoms with Crippen molar-refractivity contribution in [2.45, 2.75) is 50.4 Å². The number of carbonyl (C=O) groups is 1. The highest BCUT2D eigenvalue weighted by molar-refractivity contribution is 6.30. The van der Waals surface area contributed by atoms with E-state index in [1.54, 1.807) is 0 Å². The maximum absolute atomic E-state index is 14.4. The van der Waals surface area contributed by atoms with Crippen molar-refractivity contribution in [3.63, 3.8) is 0 Å². The summed E-state index contributed by atoms with van der Waals surface area (Å²) in [6.07, 6.45) is -0.313. The van der Waals surface area contributed by atoms with Gasteiger partial charge in [-0.15, -0.1) is 12.4 Å². The Balaban J connectivity index is 0.00000370. The smallest absolute Gasteiger partial charge is 0.429 e. The lowest BCUT2D eigenvalue weighted by Crippen LogP contribution is -2.30. The third-order valence-electron chi connectivity index (χ3n) is 7.50. The zero-order chi connectivity index (χ0) is 27.8. The topological polar surface area (TPSA) is 120 Å². The predicted octanol–water partition coefficient (Wildman–Crippen LogP) is 5.62. The molecular formula is C27H29Cl2F3N4O4. The van der Waals surface area contributed by atoms with Crippen molar-refractivity contribution in [1.82, 2.24) is 15.3 Å². The van der Waals surface area contributed by atoms with Crippen molar-refractivity contribution in [3.05, 3.63) is 58.3 Å². The molecule has 40 heavy (non-hydrogen) atoms. The molecule has 4 N–H and O–H groups in total. The molecule has 13 heteroatoms. The number of benzene rings is 1. The molecule has 216 valence electrons. The number of alkyl halides is 3. The minimum Gasteiger partial charge on any atom is -0.480 e. The summed E-state index contributed by atoms with van der Waals surface area (Å²) in [7, 11) is 0. The van der Waals surface area contributed by atoms with Gasteiger partial charge in [-0.1, -0.05) is 29.8 Å². The predicted molar refractivity (Wildman–Crippen MR) is 146 cm³/mol. The molecule has 0 bridgehead atoms. The van der Waals surface area contributed by atoms with Crippen LogP contribution in [0.1, 0.15) is 55.0 Å². The fourth-order valence-corrected chi connectivity index (χ4v) is 5.66. The van der Waals surface area contributed by atoms with Crippen LogP contribution in [0.15, 0.2) is 36.4 Å². The van der Waals surface area contributed by atoms with E-state index in [-0.39, 0.29) is 41.8 Å². The van der Waals surface area contributed by atoms with Crippen LogP contribution < -0.4 is 15.8 Å². The Bertz CT molecular complexity index is 1340. The van der Waals surface area contributed by atoms with Gasteiger partial charge in [0, 0.05) is 23.2 Å². The van der Waals surface area contributed by atoms with Gasteiger partial charge in [-0.2, -0.15) is 18.2 Å². The molecule has 8 nitrogen and oxygen atoms in total. The number of nitrogens with two attached hydrogens (primary N) is 1. The number of halogens is 5. The van der Waals surface area contributed by atoms with Crippen molar-refractivity contribution in [2.75, 3.05) is 25.5 Å². The first-order valence-corrected chi connectivity index (χ1v) is 13.0. The summed E-state index contributed by atoms with van der Waals surface area (Å²) < 4.78 is 54.2. The van der Waals surface area contributed by atoms with Crippen LogP contribution in [0.4, 0.5) is 19.1 Å². The van der Waals surface area contributed by atoms with Crippen molar-refractivity contribution in [3.8, 4) is 5.88 Å². The number of nitrogens with zero attached hydrogens (tertiary/aromatic N) is 2. The SMILES string of the molecule is Cl.Nc1nc(O[C@H](c2ccc(Cl)cc2C2=CCCOC2)C(F)(F)F)cc(C2=CC[C@@]3(CC2)CNC(C(=O)O)C3)n1. The molecule has 3 aliphatic rings. The van der Waals surface area contributed by atoms with Crippen molar-refractivity contribution < 1.29 is 32.5 Å². The molecule has 1 aromatic heterocycles. The van der Waals surface area contributed by atoms with E-state index in [0.29, 0.717) is 67.1 Å². The summed E-state index contributed by atoms with van der Waals surface area (Å²) in [5, 5.41) is 12.7. The van der Waals surface area contributed by atoms with Gasteiger partial charge in [0.25, 0.3) is 0 Å². The summed E-state index contributed by atoms with van der Waals surface area (Å²) in [6, 6.07) is 4.96. The molecule has 1 saturated heterocycles. The zero-order valence-electron chi connectivity index (χ0n) is 21.3. The number of allylic oxidation sites excluding steroid dienone is 2. The van der Waals surface area contributed by atoms with Gasteiger partial charge in [0.15, 0.2) is 0 Å². The highest BCUT2D eigenvalue weighted by Crippen LogP contribution is 2.45. The lowest BCUT2D eigenvalue weighted by atomic mass is 9.73. The number of anilines is 1. The summed E-state index contributed by atoms with van der Waals surface area (Å²) in [6.45, 7) is 1.25. The maximum Gasteiger partial charge on any atom is 0.429 e. The highest BCUT2D eigenvalue weighted by Gasteiger charge is 2.45. The van der Waals surface area contributed by atoms with E-state index in [4.69, 9.17) is 26.8 Å². The monoisotopic (exact) mass is 600 g/mol. The quantitative estimate of drug-likeness (QED) is 0.391. The molecule has 2 aliphatic heterocycles. The van der Waals surface area contributed by atoms with Crippen LogP contribution in [0.2, 0.25) is 5.02 Å². The molecule has 0 saturated carbocycles. The van der Waals surface area contributed by atoms with Crippen LogP contribution in [0.3, 0.4) is 0 Å². The molecule has 0 amide bonds. The fourth-order valence-electron chi connectivity index (χ4n) is 5.49. The summed E-state index contributed by atoms with van der Waals surface area (Å²) >= 11 is 6.14. The van der Waals surface area contributed by atoms with Crippen molar-refractivity contribution in [2.24, 2.45) is 5.41 Å². The third-order valence-corrected chi connectivity index (χ3v) is 7.74. The number of aliphatic carboxylic acids is 1. The van der Waals surface area contributed by atoms with Crippen LogP contribution in [0.5, 0.6) is 5.88 Å². The zero-order valence-corrected chi connectivity index (χ0v) is 22.9. The van der Waals surface area contributed by atoms with Crippen molar-refractivity contribution >= 4 is 47.1 Å². The molecule has 1 aliphatic carbocycles. The summed E-state index contributed by atoms with van der Waals surface area (Å²) in [4.78, 5) is 19.5. The summed E-state index contributed by atoms with van der Waals surface area (Å²) in [5.74, 6) is -1.38. The van der Waals surface area contributed by atoms with Crippen molar-refractivity contribution in [1.29, 1.82) is 0 Å². The normalized spacial score (nSPS) is 23.6. The largest absolute Gasteiger partial charge is 0.480 e. The van der Waals surface area contributed by atoms with E-state index in [1.807, 2.05) is 12.2 Å². The molecule has 3 heterocycles. The van der Waals surface area contributed by atoms with Crippen LogP contribution in [-0.2, 0) is 9.53 Å². The Morgan fingerprint density at radius 1 is 1.25 bits per heavy atom. The molecule has 1 fully saturated rings. The van der Waals surface area contributed by atoms with Gasteiger partial charge in [-0.05, 0) is 66.4 Å². The van der Waals surface area contributed by atoms with Gasteiger partial charge in [0.05, 0.1) is 18.9 Å². The fraction of sp³-hybridized carbons (Fsp3) is 0.444. The molecule has 3 atom stereocenters. The highest BCUT2D eigenvalue weighted by atomic mass is 35.5. The van der Waals surface area contributed by atoms with E-state index >= 15 is 0 Å². The van der Waals surface area contributed by atoms with E-state index < -0.39 is 24.3 Å². The number of hydrogen-bond donors (Lipinski definition) is 3. The first kappa shape index (κ1) is 30.1. The minimum atomic E-state index is -4.77. The lowest BCUT2D eigenvalue weighted by Gasteiger charge is -2.32. The maximum atomic E-state index is 14.4.